The van der Waals surface area contributed by atoms with Gasteiger partial charge in [-0.05, 0) is 33.1 Å². The molecule has 0 aromatic carbocycles. The molecule has 0 saturated carbocycles. The maximum atomic E-state index is 11.7. The molecule has 0 aromatic rings. The van der Waals surface area contributed by atoms with Gasteiger partial charge in [0.2, 0.25) is 0 Å². The Morgan fingerprint density at radius 2 is 1.84 bits per heavy atom. The third-order valence-corrected chi connectivity index (χ3v) is 1.89. The molecule has 4 N–H and O–H groups in total. The first-order valence-corrected chi connectivity index (χ1v) is 6.06. The number of carbonyl (C=O) groups excluding carboxylic acids is 2. The van der Waals surface area contributed by atoms with Gasteiger partial charge in [-0.2, -0.15) is 0 Å². The predicted molar refractivity (Wildman–Crippen MR) is 70.6 cm³/mol. The van der Waals surface area contributed by atoms with Gasteiger partial charge >= 0.3 is 12.1 Å². The molecule has 19 heavy (non-hydrogen) atoms. The van der Waals surface area contributed by atoms with Crippen LogP contribution in [-0.4, -0.2) is 29.7 Å². The molecule has 0 aliphatic heterocycles. The van der Waals surface area contributed by atoms with Crippen LogP contribution in [0.25, 0.3) is 0 Å². The van der Waals surface area contributed by atoms with Gasteiger partial charge in [0, 0.05) is 0 Å². The number of amidine groups is 1. The number of hydrogen-bond donors (Lipinski definition) is 3. The zero-order chi connectivity index (χ0) is 15.2. The Morgan fingerprint density at radius 3 is 2.21 bits per heavy atom. The van der Waals surface area contributed by atoms with Gasteiger partial charge in [0.05, 0.1) is 0 Å². The third kappa shape index (κ3) is 8.87. The maximum Gasteiger partial charge on any atom is 0.408 e. The largest absolute Gasteiger partial charge is 0.444 e. The molecule has 0 aliphatic carbocycles. The predicted octanol–water partition coefficient (Wildman–Crippen LogP) is 1.36. The normalized spacial score (nSPS) is 12.7. The second kappa shape index (κ2) is 6.96. The van der Waals surface area contributed by atoms with E-state index < -0.39 is 29.7 Å². The molecule has 110 valence electrons. The highest BCUT2D eigenvalue weighted by Crippen LogP contribution is 2.10. The van der Waals surface area contributed by atoms with E-state index in [1.165, 1.54) is 0 Å². The fourth-order valence-corrected chi connectivity index (χ4v) is 1.31. The molecule has 0 unspecified atom stereocenters. The highest BCUT2D eigenvalue weighted by molar-refractivity contribution is 5.89. The van der Waals surface area contributed by atoms with Gasteiger partial charge in [-0.1, -0.05) is 13.8 Å². The highest BCUT2D eigenvalue weighted by Gasteiger charge is 2.26. The van der Waals surface area contributed by atoms with E-state index in [2.05, 4.69) is 10.1 Å². The van der Waals surface area contributed by atoms with Crippen LogP contribution in [0.5, 0.6) is 0 Å². The lowest BCUT2D eigenvalue weighted by Crippen LogP contribution is -2.45. The maximum absolute atomic E-state index is 11.7. The van der Waals surface area contributed by atoms with Gasteiger partial charge < -0.3 is 20.5 Å². The van der Waals surface area contributed by atoms with Crippen LogP contribution >= 0.6 is 0 Å². The van der Waals surface area contributed by atoms with E-state index in [1.54, 1.807) is 20.8 Å². The summed E-state index contributed by atoms with van der Waals surface area (Å²) < 4.78 is 9.56. The fourth-order valence-electron chi connectivity index (χ4n) is 1.31. The van der Waals surface area contributed by atoms with Crippen molar-refractivity contribution in [3.8, 4) is 0 Å². The van der Waals surface area contributed by atoms with Crippen LogP contribution in [0, 0.1) is 11.3 Å². The Labute approximate surface area is 113 Å². The number of rotatable bonds is 4. The Morgan fingerprint density at radius 1 is 1.32 bits per heavy atom. The highest BCUT2D eigenvalue weighted by atomic mass is 16.6. The van der Waals surface area contributed by atoms with E-state index in [-0.39, 0.29) is 5.92 Å². The molecule has 0 aromatic heterocycles. The van der Waals surface area contributed by atoms with Crippen molar-refractivity contribution in [2.75, 3.05) is 0 Å². The standard InChI is InChI=1S/C12H23N3O4/c1-7(2)6-8(9(16)18-10(13)14)15-11(17)19-12(3,4)5/h7-8H,6H2,1-5H3,(H3,13,14)(H,15,17)/t8-/m0/s1. The molecule has 0 aliphatic rings. The minimum Gasteiger partial charge on any atom is -0.444 e. The lowest BCUT2D eigenvalue weighted by molar-refractivity contribution is -0.138. The van der Waals surface area contributed by atoms with E-state index in [0.29, 0.717) is 6.42 Å². The fraction of sp³-hybridized carbons (Fsp3) is 0.750. The summed E-state index contributed by atoms with van der Waals surface area (Å²) in [6.45, 7) is 8.95. The van der Waals surface area contributed by atoms with Crippen molar-refractivity contribution in [1.29, 1.82) is 5.41 Å². The number of amides is 1. The Hall–Kier alpha value is -1.79. The number of alkyl carbamates (subject to hydrolysis) is 1. The van der Waals surface area contributed by atoms with Gasteiger partial charge in [0.15, 0.2) is 0 Å². The molecule has 7 nitrogen and oxygen atoms in total. The van der Waals surface area contributed by atoms with Gasteiger partial charge in [-0.15, -0.1) is 0 Å². The van der Waals surface area contributed by atoms with Gasteiger partial charge in [0.25, 0.3) is 6.02 Å². The minimum absolute atomic E-state index is 0.152. The van der Waals surface area contributed by atoms with Gasteiger partial charge in [-0.25, -0.2) is 9.59 Å². The summed E-state index contributed by atoms with van der Waals surface area (Å²) >= 11 is 0. The number of hydrogen-bond acceptors (Lipinski definition) is 5. The van der Waals surface area contributed by atoms with Crippen LogP contribution < -0.4 is 11.1 Å². The lowest BCUT2D eigenvalue weighted by atomic mass is 10.0. The molecule has 0 heterocycles. The number of carbonyl (C=O) groups is 2. The van der Waals surface area contributed by atoms with Crippen LogP contribution in [0.3, 0.4) is 0 Å². The van der Waals surface area contributed by atoms with E-state index >= 15 is 0 Å². The zero-order valence-electron chi connectivity index (χ0n) is 12.1. The molecule has 0 radical (unpaired) electrons. The van der Waals surface area contributed by atoms with Crippen LogP contribution in [0.4, 0.5) is 4.79 Å². The quantitative estimate of drug-likeness (QED) is 0.406. The number of nitrogens with one attached hydrogen (secondary N) is 2. The SMILES string of the molecule is CC(C)C[C@H](NC(=O)OC(C)(C)C)C(=O)OC(=N)N. The Balaban J connectivity index is 4.63. The summed E-state index contributed by atoms with van der Waals surface area (Å²) in [5.74, 6) is -0.619. The smallest absolute Gasteiger partial charge is 0.408 e. The van der Waals surface area contributed by atoms with E-state index in [4.69, 9.17) is 15.9 Å². The summed E-state index contributed by atoms with van der Waals surface area (Å²) in [5.41, 5.74) is 4.34. The van der Waals surface area contributed by atoms with Crippen LogP contribution in [0.1, 0.15) is 41.0 Å². The molecule has 0 bridgehead atoms. The van der Waals surface area contributed by atoms with E-state index in [9.17, 15) is 9.59 Å². The van der Waals surface area contributed by atoms with Crippen molar-refractivity contribution in [3.05, 3.63) is 0 Å². The first-order valence-electron chi connectivity index (χ1n) is 6.06. The average molecular weight is 273 g/mol. The number of ether oxygens (including phenoxy) is 2. The third-order valence-electron chi connectivity index (χ3n) is 1.89. The van der Waals surface area contributed by atoms with Crippen LogP contribution in [0.15, 0.2) is 0 Å². The minimum atomic E-state index is -0.890. The topological polar surface area (TPSA) is 114 Å². The first-order chi connectivity index (χ1) is 8.51. The van der Waals surface area contributed by atoms with E-state index in [0.717, 1.165) is 0 Å². The Bertz CT molecular complexity index is 347. The summed E-state index contributed by atoms with van der Waals surface area (Å²) in [7, 11) is 0. The summed E-state index contributed by atoms with van der Waals surface area (Å²) in [4.78, 5) is 23.3. The van der Waals surface area contributed by atoms with Crippen LogP contribution in [-0.2, 0) is 14.3 Å². The molecular weight excluding hydrogens is 250 g/mol. The number of nitrogens with two attached hydrogens (primary N) is 1. The Kier molecular flexibility index (Phi) is 6.31. The second-order valence-corrected chi connectivity index (χ2v) is 5.61. The van der Waals surface area contributed by atoms with Crippen molar-refractivity contribution >= 4 is 18.1 Å². The van der Waals surface area contributed by atoms with Gasteiger partial charge in [-0.3, -0.25) is 5.41 Å². The number of esters is 1. The molecular formula is C12H23N3O4. The summed E-state index contributed by atoms with van der Waals surface area (Å²) in [6, 6.07) is -1.59. The van der Waals surface area contributed by atoms with Crippen molar-refractivity contribution in [2.24, 2.45) is 11.7 Å². The first kappa shape index (κ1) is 17.2. The molecule has 1 atom stereocenters. The zero-order valence-corrected chi connectivity index (χ0v) is 12.1. The molecule has 0 saturated heterocycles. The average Bonchev–Trinajstić information content (AvgIpc) is 2.11. The molecule has 1 amide bonds. The summed E-state index contributed by atoms with van der Waals surface area (Å²) in [6.07, 6.45) is -0.343. The van der Waals surface area contributed by atoms with Crippen molar-refractivity contribution in [2.45, 2.75) is 52.7 Å². The molecule has 0 rings (SSSR count). The molecule has 0 spiro atoms. The van der Waals surface area contributed by atoms with Crippen LogP contribution in [0.2, 0.25) is 0 Å². The van der Waals surface area contributed by atoms with Crippen molar-refractivity contribution < 1.29 is 19.1 Å². The molecule has 0 fully saturated rings. The summed E-state index contributed by atoms with van der Waals surface area (Å²) in [5, 5.41) is 9.34. The monoisotopic (exact) mass is 273 g/mol. The van der Waals surface area contributed by atoms with E-state index in [1.807, 2.05) is 13.8 Å². The lowest BCUT2D eigenvalue weighted by Gasteiger charge is -2.23. The molecule has 7 heteroatoms. The van der Waals surface area contributed by atoms with Crippen molar-refractivity contribution in [3.63, 3.8) is 0 Å². The van der Waals surface area contributed by atoms with Crippen molar-refractivity contribution in [1.82, 2.24) is 5.32 Å². The second-order valence-electron chi connectivity index (χ2n) is 5.61. The van der Waals surface area contributed by atoms with Gasteiger partial charge in [0.1, 0.15) is 11.6 Å².